The minimum absolute atomic E-state index is 0.457. The van der Waals surface area contributed by atoms with Crippen molar-refractivity contribution in [3.63, 3.8) is 0 Å². The van der Waals surface area contributed by atoms with Crippen molar-refractivity contribution in [1.82, 2.24) is 20.2 Å². The summed E-state index contributed by atoms with van der Waals surface area (Å²) >= 11 is 9.19. The van der Waals surface area contributed by atoms with Crippen LogP contribution < -0.4 is 9.47 Å². The summed E-state index contributed by atoms with van der Waals surface area (Å²) in [6, 6.07) is 15.1. The fourth-order valence-corrected chi connectivity index (χ4v) is 4.25. The van der Waals surface area contributed by atoms with Crippen molar-refractivity contribution >= 4 is 34.7 Å². The van der Waals surface area contributed by atoms with Crippen LogP contribution in [0.4, 0.5) is 0 Å². The van der Waals surface area contributed by atoms with Crippen LogP contribution in [0, 0.1) is 0 Å². The van der Waals surface area contributed by atoms with Crippen molar-refractivity contribution < 1.29 is 9.47 Å². The van der Waals surface area contributed by atoms with Crippen molar-refractivity contribution in [1.29, 1.82) is 0 Å². The fraction of sp³-hybridized carbons (Fsp3) is 0.150. The summed E-state index contributed by atoms with van der Waals surface area (Å²) in [5, 5.41) is 11.4. The van der Waals surface area contributed by atoms with E-state index in [9.17, 15) is 0 Å². The molecule has 148 valence electrons. The topological polar surface area (TPSA) is 72.9 Å². The number of methoxy groups -OCH3 is 1. The van der Waals surface area contributed by atoms with Gasteiger partial charge in [0.15, 0.2) is 5.82 Å². The Morgan fingerprint density at radius 3 is 2.83 bits per heavy atom. The van der Waals surface area contributed by atoms with Crippen molar-refractivity contribution in [3.05, 3.63) is 69.6 Å². The number of para-hydroxylation sites is 1. The first-order valence-electron chi connectivity index (χ1n) is 8.71. The smallest absolute Gasteiger partial charge is 0.209 e. The largest absolute Gasteiger partial charge is 0.496 e. The first-order valence-corrected chi connectivity index (χ1v) is 11.0. The monoisotopic (exact) mass is 444 g/mol. The normalized spacial score (nSPS) is 10.8. The number of nitrogens with zero attached hydrogens (tertiary/aromatic N) is 3. The third-order valence-electron chi connectivity index (χ3n) is 3.94. The van der Waals surface area contributed by atoms with Gasteiger partial charge in [0.25, 0.3) is 0 Å². The Kier molecular flexibility index (Phi) is 6.33. The van der Waals surface area contributed by atoms with Crippen molar-refractivity contribution in [2.45, 2.75) is 17.5 Å². The zero-order chi connectivity index (χ0) is 20.1. The molecule has 4 rings (SSSR count). The predicted molar refractivity (Wildman–Crippen MR) is 116 cm³/mol. The maximum atomic E-state index is 6.10. The molecule has 9 heteroatoms. The van der Waals surface area contributed by atoms with Gasteiger partial charge in [0.05, 0.1) is 18.4 Å². The number of aromatic nitrogens is 4. The predicted octanol–water partition coefficient (Wildman–Crippen LogP) is 5.46. The SMILES string of the molecule is COc1ccc(Cl)cc1-c1nc(SCc2csc(COc3ccccc3)n2)n[nH]1. The number of thiazole rings is 1. The van der Waals surface area contributed by atoms with Gasteiger partial charge in [-0.3, -0.25) is 5.10 Å². The van der Waals surface area contributed by atoms with E-state index in [0.29, 0.717) is 34.1 Å². The highest BCUT2D eigenvalue weighted by molar-refractivity contribution is 7.98. The number of halogens is 1. The minimum Gasteiger partial charge on any atom is -0.496 e. The minimum atomic E-state index is 0.457. The Balaban J connectivity index is 1.36. The highest BCUT2D eigenvalue weighted by atomic mass is 35.5. The number of ether oxygens (including phenoxy) is 2. The van der Waals surface area contributed by atoms with Crippen LogP contribution in [-0.2, 0) is 12.4 Å². The summed E-state index contributed by atoms with van der Waals surface area (Å²) < 4.78 is 11.1. The Hall–Kier alpha value is -2.55. The molecule has 0 saturated heterocycles. The van der Waals surface area contributed by atoms with E-state index in [1.807, 2.05) is 35.7 Å². The van der Waals surface area contributed by atoms with Gasteiger partial charge in [0.2, 0.25) is 5.16 Å². The Bertz CT molecular complexity index is 1090. The van der Waals surface area contributed by atoms with Gasteiger partial charge >= 0.3 is 0 Å². The summed E-state index contributed by atoms with van der Waals surface area (Å²) in [5.41, 5.74) is 1.74. The number of hydrogen-bond donors (Lipinski definition) is 1. The van der Waals surface area contributed by atoms with E-state index in [-0.39, 0.29) is 0 Å². The van der Waals surface area contributed by atoms with E-state index >= 15 is 0 Å². The molecule has 4 aromatic rings. The molecular formula is C20H17ClN4O2S2. The van der Waals surface area contributed by atoms with Crippen LogP contribution >= 0.6 is 34.7 Å². The number of aromatic amines is 1. The third kappa shape index (κ3) is 5.09. The lowest BCUT2D eigenvalue weighted by Crippen LogP contribution is -1.95. The van der Waals surface area contributed by atoms with E-state index in [1.54, 1.807) is 36.6 Å². The number of benzene rings is 2. The lowest BCUT2D eigenvalue weighted by Gasteiger charge is -2.05. The molecule has 0 fully saturated rings. The van der Waals surface area contributed by atoms with E-state index in [0.717, 1.165) is 22.0 Å². The number of thioether (sulfide) groups is 1. The molecule has 2 heterocycles. The van der Waals surface area contributed by atoms with Crippen LogP contribution in [0.3, 0.4) is 0 Å². The van der Waals surface area contributed by atoms with Crippen molar-refractivity contribution in [2.24, 2.45) is 0 Å². The highest BCUT2D eigenvalue weighted by Crippen LogP contribution is 2.31. The summed E-state index contributed by atoms with van der Waals surface area (Å²) in [6.45, 7) is 0.457. The Morgan fingerprint density at radius 1 is 1.14 bits per heavy atom. The molecule has 29 heavy (non-hydrogen) atoms. The molecule has 1 N–H and O–H groups in total. The summed E-state index contributed by atoms with van der Waals surface area (Å²) in [5.74, 6) is 2.81. The Morgan fingerprint density at radius 2 is 2.00 bits per heavy atom. The maximum Gasteiger partial charge on any atom is 0.209 e. The van der Waals surface area contributed by atoms with Gasteiger partial charge in [-0.2, -0.15) is 0 Å². The highest BCUT2D eigenvalue weighted by Gasteiger charge is 2.13. The molecule has 2 aromatic heterocycles. The fourth-order valence-electron chi connectivity index (χ4n) is 2.58. The standard InChI is InChI=1S/C20H17ClN4O2S2/c1-26-17-8-7-13(21)9-16(17)19-23-20(25-24-19)29-12-14-11-28-18(22-14)10-27-15-5-3-2-4-6-15/h2-9,11H,10,12H2,1H3,(H,23,24,25). The van der Waals surface area contributed by atoms with E-state index in [4.69, 9.17) is 21.1 Å². The molecule has 0 unspecified atom stereocenters. The molecule has 0 aliphatic rings. The first-order chi connectivity index (χ1) is 14.2. The molecule has 0 spiro atoms. The van der Waals surface area contributed by atoms with Crippen molar-refractivity contribution in [3.8, 4) is 22.9 Å². The number of nitrogens with one attached hydrogen (secondary N) is 1. The van der Waals surface area contributed by atoms with Crippen LogP contribution in [0.25, 0.3) is 11.4 Å². The zero-order valence-electron chi connectivity index (χ0n) is 15.5. The molecule has 0 atom stereocenters. The molecule has 0 amide bonds. The number of hydrogen-bond acceptors (Lipinski definition) is 7. The second kappa shape index (κ2) is 9.30. The quantitative estimate of drug-likeness (QED) is 0.364. The molecule has 2 aromatic carbocycles. The van der Waals surface area contributed by atoms with Crippen LogP contribution in [0.1, 0.15) is 10.7 Å². The average molecular weight is 445 g/mol. The molecule has 6 nitrogen and oxygen atoms in total. The zero-order valence-corrected chi connectivity index (χ0v) is 17.9. The van der Waals surface area contributed by atoms with Crippen molar-refractivity contribution in [2.75, 3.05) is 7.11 Å². The average Bonchev–Trinajstić information content (AvgIpc) is 3.41. The molecule has 0 bridgehead atoms. The van der Waals surface area contributed by atoms with E-state index < -0.39 is 0 Å². The molecule has 0 aliphatic carbocycles. The van der Waals surface area contributed by atoms with Gasteiger partial charge in [0.1, 0.15) is 23.1 Å². The summed E-state index contributed by atoms with van der Waals surface area (Å²) in [4.78, 5) is 9.15. The molecular weight excluding hydrogens is 428 g/mol. The maximum absolute atomic E-state index is 6.10. The van der Waals surface area contributed by atoms with Crippen LogP contribution in [-0.4, -0.2) is 27.3 Å². The Labute approximate surface area is 181 Å². The summed E-state index contributed by atoms with van der Waals surface area (Å²) in [7, 11) is 1.61. The van der Waals surface area contributed by atoms with Gasteiger partial charge in [0, 0.05) is 16.2 Å². The van der Waals surface area contributed by atoms with Crippen LogP contribution in [0.2, 0.25) is 5.02 Å². The third-order valence-corrected chi connectivity index (χ3v) is 5.92. The van der Waals surface area contributed by atoms with Gasteiger partial charge in [-0.1, -0.05) is 41.6 Å². The second-order valence-corrected chi connectivity index (χ2v) is 8.26. The van der Waals surface area contributed by atoms with Gasteiger partial charge in [-0.15, -0.1) is 16.4 Å². The van der Waals surface area contributed by atoms with Gasteiger partial charge in [-0.05, 0) is 30.3 Å². The van der Waals surface area contributed by atoms with Gasteiger partial charge in [-0.25, -0.2) is 9.97 Å². The second-order valence-electron chi connectivity index (χ2n) is 5.93. The first kappa shape index (κ1) is 19.8. The van der Waals surface area contributed by atoms with E-state index in [1.165, 1.54) is 11.8 Å². The summed E-state index contributed by atoms with van der Waals surface area (Å²) in [6.07, 6.45) is 0. The lowest BCUT2D eigenvalue weighted by atomic mass is 10.2. The van der Waals surface area contributed by atoms with E-state index in [2.05, 4.69) is 20.2 Å². The van der Waals surface area contributed by atoms with Gasteiger partial charge < -0.3 is 9.47 Å². The molecule has 0 saturated carbocycles. The van der Waals surface area contributed by atoms with Crippen LogP contribution in [0.5, 0.6) is 11.5 Å². The molecule has 0 radical (unpaired) electrons. The van der Waals surface area contributed by atoms with Crippen LogP contribution in [0.15, 0.2) is 59.1 Å². The lowest BCUT2D eigenvalue weighted by molar-refractivity contribution is 0.305. The number of rotatable bonds is 8. The number of H-pyrrole nitrogens is 1. The molecule has 0 aliphatic heterocycles.